The van der Waals surface area contributed by atoms with Crippen molar-refractivity contribution in [2.24, 2.45) is 0 Å². The maximum atomic E-state index is 12.1. The minimum Gasteiger partial charge on any atom is -0.494 e. The van der Waals surface area contributed by atoms with Crippen LogP contribution in [0, 0.1) is 0 Å². The van der Waals surface area contributed by atoms with Crippen LogP contribution in [0.2, 0.25) is 0 Å². The smallest absolute Gasteiger partial charge is 0.306 e. The molecule has 1 aromatic carbocycles. The van der Waals surface area contributed by atoms with Gasteiger partial charge in [0.05, 0.1) is 25.8 Å². The second-order valence-electron chi connectivity index (χ2n) is 5.40. The first-order chi connectivity index (χ1) is 12.6. The molecule has 1 aromatic heterocycles. The van der Waals surface area contributed by atoms with Gasteiger partial charge in [0, 0.05) is 12.0 Å². The van der Waals surface area contributed by atoms with Gasteiger partial charge in [-0.3, -0.25) is 14.4 Å². The third-order valence-corrected chi connectivity index (χ3v) is 3.45. The lowest BCUT2D eigenvalue weighted by atomic mass is 10.1. The van der Waals surface area contributed by atoms with Crippen LogP contribution in [-0.4, -0.2) is 30.9 Å². The largest absolute Gasteiger partial charge is 0.494 e. The number of furan rings is 1. The third-order valence-electron chi connectivity index (χ3n) is 3.45. The number of benzene rings is 1. The number of ether oxygens (including phenoxy) is 2. The van der Waals surface area contributed by atoms with Crippen LogP contribution in [0.15, 0.2) is 47.1 Å². The Balaban J connectivity index is 1.65. The number of carbonyl (C=O) groups excluding carboxylic acids is 3. The summed E-state index contributed by atoms with van der Waals surface area (Å²) < 4.78 is 15.2. The molecule has 0 spiro atoms. The molecule has 0 unspecified atom stereocenters. The number of ketones is 1. The summed E-state index contributed by atoms with van der Waals surface area (Å²) in [5.74, 6) is 0.0759. The molecule has 7 heteroatoms. The van der Waals surface area contributed by atoms with Crippen molar-refractivity contribution in [1.82, 2.24) is 5.32 Å². The predicted molar refractivity (Wildman–Crippen MR) is 92.7 cm³/mol. The van der Waals surface area contributed by atoms with Gasteiger partial charge < -0.3 is 19.2 Å². The standard InChI is InChI=1S/C19H21NO6/c1-2-24-15-7-5-14(6-8-15)17(21)9-10-19(23)26-13-18(22)20-12-16-4-3-11-25-16/h3-8,11H,2,9-10,12-13H2,1H3,(H,20,22). The van der Waals surface area contributed by atoms with Crippen LogP contribution in [0.4, 0.5) is 0 Å². The normalized spacial score (nSPS) is 10.2. The van der Waals surface area contributed by atoms with Crippen molar-refractivity contribution in [3.63, 3.8) is 0 Å². The minimum atomic E-state index is -0.600. The molecule has 2 rings (SSSR count). The van der Waals surface area contributed by atoms with Gasteiger partial charge in [-0.1, -0.05) is 0 Å². The van der Waals surface area contributed by atoms with Crippen molar-refractivity contribution in [2.45, 2.75) is 26.3 Å². The number of esters is 1. The fourth-order valence-electron chi connectivity index (χ4n) is 2.13. The maximum Gasteiger partial charge on any atom is 0.306 e. The number of rotatable bonds is 10. The summed E-state index contributed by atoms with van der Waals surface area (Å²) in [5.41, 5.74) is 0.498. The van der Waals surface area contributed by atoms with Gasteiger partial charge in [0.1, 0.15) is 11.5 Å². The average Bonchev–Trinajstić information content (AvgIpc) is 3.17. The van der Waals surface area contributed by atoms with Crippen LogP contribution in [-0.2, 0) is 20.9 Å². The Morgan fingerprint density at radius 3 is 2.50 bits per heavy atom. The Hall–Kier alpha value is -3.09. The highest BCUT2D eigenvalue weighted by Gasteiger charge is 2.12. The second-order valence-corrected chi connectivity index (χ2v) is 5.40. The first-order valence-electron chi connectivity index (χ1n) is 8.29. The number of nitrogens with one attached hydrogen (secondary N) is 1. The van der Waals surface area contributed by atoms with Crippen molar-refractivity contribution < 1.29 is 28.3 Å². The highest BCUT2D eigenvalue weighted by Crippen LogP contribution is 2.14. The zero-order valence-corrected chi connectivity index (χ0v) is 14.5. The highest BCUT2D eigenvalue weighted by atomic mass is 16.5. The van der Waals surface area contributed by atoms with Crippen LogP contribution in [0.5, 0.6) is 5.75 Å². The monoisotopic (exact) mass is 359 g/mol. The molecule has 1 heterocycles. The molecule has 1 N–H and O–H groups in total. The van der Waals surface area contributed by atoms with E-state index in [1.807, 2.05) is 6.92 Å². The van der Waals surface area contributed by atoms with E-state index in [0.29, 0.717) is 23.7 Å². The zero-order valence-electron chi connectivity index (χ0n) is 14.5. The van der Waals surface area contributed by atoms with E-state index < -0.39 is 18.5 Å². The molecule has 2 aromatic rings. The number of hydrogen-bond donors (Lipinski definition) is 1. The molecule has 0 fully saturated rings. The molecular formula is C19H21NO6. The zero-order chi connectivity index (χ0) is 18.8. The van der Waals surface area contributed by atoms with Gasteiger partial charge in [0.15, 0.2) is 12.4 Å². The highest BCUT2D eigenvalue weighted by molar-refractivity contribution is 5.97. The van der Waals surface area contributed by atoms with E-state index in [2.05, 4.69) is 5.32 Å². The Labute approximate surface area is 151 Å². The average molecular weight is 359 g/mol. The van der Waals surface area contributed by atoms with Crippen LogP contribution in [0.1, 0.15) is 35.9 Å². The van der Waals surface area contributed by atoms with E-state index in [9.17, 15) is 14.4 Å². The van der Waals surface area contributed by atoms with Gasteiger partial charge in [-0.15, -0.1) is 0 Å². The quantitative estimate of drug-likeness (QED) is 0.517. The third kappa shape index (κ3) is 6.43. The van der Waals surface area contributed by atoms with Gasteiger partial charge in [-0.05, 0) is 43.3 Å². The van der Waals surface area contributed by atoms with Crippen LogP contribution in [0.3, 0.4) is 0 Å². The number of Topliss-reactive ketones (excluding diaryl/α,β-unsaturated/α-hetero) is 1. The second kappa shape index (κ2) is 10.0. The van der Waals surface area contributed by atoms with E-state index in [-0.39, 0.29) is 25.2 Å². The molecule has 0 aliphatic rings. The summed E-state index contributed by atoms with van der Waals surface area (Å²) in [6.07, 6.45) is 1.43. The topological polar surface area (TPSA) is 94.8 Å². The summed E-state index contributed by atoms with van der Waals surface area (Å²) >= 11 is 0. The van der Waals surface area contributed by atoms with Crippen LogP contribution < -0.4 is 10.1 Å². The van der Waals surface area contributed by atoms with E-state index in [1.165, 1.54) is 6.26 Å². The molecule has 0 saturated heterocycles. The lowest BCUT2D eigenvalue weighted by Gasteiger charge is -2.06. The van der Waals surface area contributed by atoms with E-state index in [0.717, 1.165) is 0 Å². The molecule has 0 aliphatic carbocycles. The van der Waals surface area contributed by atoms with E-state index >= 15 is 0 Å². The summed E-state index contributed by atoms with van der Waals surface area (Å²) in [7, 11) is 0. The molecule has 0 radical (unpaired) electrons. The first kappa shape index (κ1) is 19.2. The lowest BCUT2D eigenvalue weighted by Crippen LogP contribution is -2.28. The minimum absolute atomic E-state index is 0.0147. The predicted octanol–water partition coefficient (Wildman–Crippen LogP) is 2.50. The summed E-state index contributed by atoms with van der Waals surface area (Å²) in [6.45, 7) is 2.26. The van der Waals surface area contributed by atoms with Crippen molar-refractivity contribution in [3.8, 4) is 5.75 Å². The van der Waals surface area contributed by atoms with Gasteiger partial charge >= 0.3 is 5.97 Å². The van der Waals surface area contributed by atoms with Gasteiger partial charge in [-0.25, -0.2) is 0 Å². The maximum absolute atomic E-state index is 12.1. The SMILES string of the molecule is CCOc1ccc(C(=O)CCC(=O)OCC(=O)NCc2ccco2)cc1. The van der Waals surface area contributed by atoms with Crippen molar-refractivity contribution in [3.05, 3.63) is 54.0 Å². The summed E-state index contributed by atoms with van der Waals surface area (Å²) in [6, 6.07) is 10.2. The molecule has 0 aliphatic heterocycles. The van der Waals surface area contributed by atoms with Crippen LogP contribution >= 0.6 is 0 Å². The van der Waals surface area contributed by atoms with Crippen molar-refractivity contribution in [1.29, 1.82) is 0 Å². The molecule has 138 valence electrons. The summed E-state index contributed by atoms with van der Waals surface area (Å²) in [4.78, 5) is 35.3. The van der Waals surface area contributed by atoms with Crippen molar-refractivity contribution in [2.75, 3.05) is 13.2 Å². The van der Waals surface area contributed by atoms with E-state index in [1.54, 1.807) is 36.4 Å². The summed E-state index contributed by atoms with van der Waals surface area (Å²) in [5, 5.41) is 2.56. The van der Waals surface area contributed by atoms with Gasteiger partial charge in [0.25, 0.3) is 5.91 Å². The Bertz CT molecular complexity index is 721. The number of carbonyl (C=O) groups is 3. The number of amides is 1. The number of hydrogen-bond acceptors (Lipinski definition) is 6. The van der Waals surface area contributed by atoms with E-state index in [4.69, 9.17) is 13.9 Å². The molecule has 7 nitrogen and oxygen atoms in total. The Morgan fingerprint density at radius 1 is 1.08 bits per heavy atom. The Morgan fingerprint density at radius 2 is 1.85 bits per heavy atom. The lowest BCUT2D eigenvalue weighted by molar-refractivity contribution is -0.148. The van der Waals surface area contributed by atoms with Crippen molar-refractivity contribution >= 4 is 17.7 Å². The molecular weight excluding hydrogens is 338 g/mol. The molecule has 26 heavy (non-hydrogen) atoms. The van der Waals surface area contributed by atoms with Crippen LogP contribution in [0.25, 0.3) is 0 Å². The molecule has 0 saturated carbocycles. The Kier molecular flexibility index (Phi) is 7.42. The van der Waals surface area contributed by atoms with Gasteiger partial charge in [-0.2, -0.15) is 0 Å². The molecule has 0 atom stereocenters. The van der Waals surface area contributed by atoms with Gasteiger partial charge in [0.2, 0.25) is 0 Å². The fraction of sp³-hybridized carbons (Fsp3) is 0.316. The molecule has 1 amide bonds. The molecule has 0 bridgehead atoms. The first-order valence-corrected chi connectivity index (χ1v) is 8.29. The fourth-order valence-corrected chi connectivity index (χ4v) is 2.13.